The Morgan fingerprint density at radius 2 is 1.69 bits per heavy atom. The van der Waals surface area contributed by atoms with Crippen LogP contribution in [0, 0.1) is 0 Å². The van der Waals surface area contributed by atoms with E-state index < -0.39 is 6.10 Å². The zero-order valence-electron chi connectivity index (χ0n) is 16.6. The minimum absolute atomic E-state index is 0.0953. The van der Waals surface area contributed by atoms with E-state index in [0.717, 1.165) is 35.6 Å². The summed E-state index contributed by atoms with van der Waals surface area (Å²) in [5.74, 6) is 1.62. The molecule has 3 unspecified atom stereocenters. The molecule has 29 heavy (non-hydrogen) atoms. The smallest absolute Gasteiger partial charge is 0.126 e. The third kappa shape index (κ3) is 4.61. The van der Waals surface area contributed by atoms with E-state index >= 15 is 0 Å². The Morgan fingerprint density at radius 1 is 0.966 bits per heavy atom. The van der Waals surface area contributed by atoms with Crippen molar-refractivity contribution in [2.45, 2.75) is 31.1 Å². The van der Waals surface area contributed by atoms with Crippen molar-refractivity contribution in [3.05, 3.63) is 95.6 Å². The maximum atomic E-state index is 11.1. The monoisotopic (exact) mass is 389 g/mol. The van der Waals surface area contributed by atoms with E-state index in [2.05, 4.69) is 29.6 Å². The second kappa shape index (κ2) is 9.12. The fraction of sp³-hybridized carbons (Fsp3) is 0.280. The standard InChI is InChI=1S/C25H27NO3/c1-28-20-13-11-18(12-14-20)15-16-26-22-17-24(19-7-3-2-4-8-19)29-23-10-6-5-9-21(23)25(22)27/h2-14,22,24-27H,15-17H2,1H3. The van der Waals surface area contributed by atoms with Gasteiger partial charge in [-0.2, -0.15) is 0 Å². The van der Waals surface area contributed by atoms with Crippen molar-refractivity contribution in [1.29, 1.82) is 0 Å². The zero-order valence-corrected chi connectivity index (χ0v) is 16.6. The molecule has 2 N–H and O–H groups in total. The Bertz CT molecular complexity index is 911. The number of fused-ring (bicyclic) bond motifs is 1. The van der Waals surface area contributed by atoms with Crippen LogP contribution in [0.4, 0.5) is 0 Å². The molecule has 3 aromatic rings. The molecule has 0 saturated heterocycles. The molecule has 0 spiro atoms. The lowest BCUT2D eigenvalue weighted by Gasteiger charge is -2.24. The molecular formula is C25H27NO3. The lowest BCUT2D eigenvalue weighted by atomic mass is 9.95. The largest absolute Gasteiger partial charge is 0.497 e. The van der Waals surface area contributed by atoms with Gasteiger partial charge in [-0.3, -0.25) is 0 Å². The van der Waals surface area contributed by atoms with E-state index in [-0.39, 0.29) is 12.1 Å². The van der Waals surface area contributed by atoms with Crippen molar-refractivity contribution in [2.24, 2.45) is 0 Å². The van der Waals surface area contributed by atoms with Crippen LogP contribution in [0.5, 0.6) is 11.5 Å². The Labute approximate surface area is 172 Å². The number of ether oxygens (including phenoxy) is 2. The molecular weight excluding hydrogens is 362 g/mol. The van der Waals surface area contributed by atoms with E-state index in [1.165, 1.54) is 5.56 Å². The minimum Gasteiger partial charge on any atom is -0.497 e. The molecule has 3 aromatic carbocycles. The summed E-state index contributed by atoms with van der Waals surface area (Å²) in [5, 5.41) is 14.6. The van der Waals surface area contributed by atoms with Crippen LogP contribution in [0.1, 0.15) is 35.3 Å². The third-order valence-corrected chi connectivity index (χ3v) is 5.51. The Balaban J connectivity index is 1.49. The van der Waals surface area contributed by atoms with Crippen molar-refractivity contribution in [1.82, 2.24) is 5.32 Å². The van der Waals surface area contributed by atoms with Crippen LogP contribution < -0.4 is 14.8 Å². The lowest BCUT2D eigenvalue weighted by Crippen LogP contribution is -2.37. The molecule has 150 valence electrons. The highest BCUT2D eigenvalue weighted by Crippen LogP contribution is 2.38. The maximum Gasteiger partial charge on any atom is 0.126 e. The molecule has 0 saturated carbocycles. The van der Waals surface area contributed by atoms with Crippen molar-refractivity contribution >= 4 is 0 Å². The highest BCUT2D eigenvalue weighted by molar-refractivity contribution is 5.38. The molecule has 0 bridgehead atoms. The number of hydrogen-bond donors (Lipinski definition) is 2. The molecule has 0 amide bonds. The third-order valence-electron chi connectivity index (χ3n) is 5.51. The van der Waals surface area contributed by atoms with Gasteiger partial charge in [-0.25, -0.2) is 0 Å². The predicted molar refractivity (Wildman–Crippen MR) is 114 cm³/mol. The summed E-state index contributed by atoms with van der Waals surface area (Å²) in [5.41, 5.74) is 3.20. The highest BCUT2D eigenvalue weighted by atomic mass is 16.5. The van der Waals surface area contributed by atoms with Gasteiger partial charge >= 0.3 is 0 Å². The van der Waals surface area contributed by atoms with Crippen LogP contribution in [-0.4, -0.2) is 24.8 Å². The fourth-order valence-electron chi connectivity index (χ4n) is 3.87. The maximum absolute atomic E-state index is 11.1. The summed E-state index contributed by atoms with van der Waals surface area (Å²) in [6.07, 6.45) is 0.859. The van der Waals surface area contributed by atoms with Gasteiger partial charge in [0, 0.05) is 18.0 Å². The molecule has 0 fully saturated rings. The van der Waals surface area contributed by atoms with Gasteiger partial charge in [0.25, 0.3) is 0 Å². The Morgan fingerprint density at radius 3 is 2.45 bits per heavy atom. The molecule has 4 rings (SSSR count). The SMILES string of the molecule is COc1ccc(CCNC2CC(c3ccccc3)Oc3ccccc3C2O)cc1. The average molecular weight is 389 g/mol. The van der Waals surface area contributed by atoms with Gasteiger partial charge in [0.1, 0.15) is 17.6 Å². The van der Waals surface area contributed by atoms with Crippen molar-refractivity contribution < 1.29 is 14.6 Å². The number of benzene rings is 3. The van der Waals surface area contributed by atoms with E-state index in [9.17, 15) is 5.11 Å². The van der Waals surface area contributed by atoms with Gasteiger partial charge in [0.05, 0.1) is 13.2 Å². The number of aliphatic hydroxyl groups is 1. The first-order valence-corrected chi connectivity index (χ1v) is 10.1. The number of nitrogens with one attached hydrogen (secondary N) is 1. The normalized spacial score (nSPS) is 21.0. The summed E-state index contributed by atoms with van der Waals surface area (Å²) in [4.78, 5) is 0. The number of methoxy groups -OCH3 is 1. The van der Waals surface area contributed by atoms with Crippen molar-refractivity contribution in [3.63, 3.8) is 0 Å². The summed E-state index contributed by atoms with van der Waals surface area (Å²) in [7, 11) is 1.67. The fourth-order valence-corrected chi connectivity index (χ4v) is 3.87. The van der Waals surface area contributed by atoms with Gasteiger partial charge in [-0.05, 0) is 42.3 Å². The van der Waals surface area contributed by atoms with Crippen LogP contribution in [0.2, 0.25) is 0 Å². The summed E-state index contributed by atoms with van der Waals surface area (Å²) >= 11 is 0. The number of aliphatic hydroxyl groups excluding tert-OH is 1. The van der Waals surface area contributed by atoms with Gasteiger partial charge in [-0.1, -0.05) is 60.7 Å². The van der Waals surface area contributed by atoms with E-state index in [4.69, 9.17) is 9.47 Å². The van der Waals surface area contributed by atoms with Gasteiger partial charge < -0.3 is 19.9 Å². The topological polar surface area (TPSA) is 50.7 Å². The van der Waals surface area contributed by atoms with Crippen LogP contribution in [0.25, 0.3) is 0 Å². The first-order chi connectivity index (χ1) is 14.2. The van der Waals surface area contributed by atoms with Crippen molar-refractivity contribution in [2.75, 3.05) is 13.7 Å². The minimum atomic E-state index is -0.615. The predicted octanol–water partition coefficient (Wildman–Crippen LogP) is 4.45. The Kier molecular flexibility index (Phi) is 6.13. The van der Waals surface area contributed by atoms with E-state index in [1.54, 1.807) is 7.11 Å². The average Bonchev–Trinajstić information content (AvgIpc) is 2.92. The van der Waals surface area contributed by atoms with E-state index in [0.29, 0.717) is 6.42 Å². The number of para-hydroxylation sites is 1. The molecule has 4 heteroatoms. The second-order valence-corrected chi connectivity index (χ2v) is 7.39. The van der Waals surface area contributed by atoms with Gasteiger partial charge in [-0.15, -0.1) is 0 Å². The zero-order chi connectivity index (χ0) is 20.1. The molecule has 1 heterocycles. The summed E-state index contributed by atoms with van der Waals surface area (Å²) < 4.78 is 11.5. The first-order valence-electron chi connectivity index (χ1n) is 10.1. The molecule has 0 aromatic heterocycles. The van der Waals surface area contributed by atoms with Gasteiger partial charge in [0.2, 0.25) is 0 Å². The second-order valence-electron chi connectivity index (χ2n) is 7.39. The number of hydrogen-bond acceptors (Lipinski definition) is 4. The summed E-state index contributed by atoms with van der Waals surface area (Å²) in [6, 6.07) is 26.0. The van der Waals surface area contributed by atoms with Gasteiger partial charge in [0.15, 0.2) is 0 Å². The molecule has 4 nitrogen and oxygen atoms in total. The molecule has 3 atom stereocenters. The van der Waals surface area contributed by atoms with Crippen molar-refractivity contribution in [3.8, 4) is 11.5 Å². The molecule has 0 radical (unpaired) electrons. The highest BCUT2D eigenvalue weighted by Gasteiger charge is 2.32. The van der Waals surface area contributed by atoms with Crippen LogP contribution in [0.3, 0.4) is 0 Å². The lowest BCUT2D eigenvalue weighted by molar-refractivity contribution is 0.112. The molecule has 0 aliphatic carbocycles. The Hall–Kier alpha value is -2.82. The molecule has 1 aliphatic heterocycles. The van der Waals surface area contributed by atoms with Crippen LogP contribution >= 0.6 is 0 Å². The number of rotatable bonds is 6. The first kappa shape index (κ1) is 19.5. The van der Waals surface area contributed by atoms with Crippen LogP contribution in [-0.2, 0) is 6.42 Å². The quantitative estimate of drug-likeness (QED) is 0.654. The summed E-state index contributed by atoms with van der Waals surface area (Å²) in [6.45, 7) is 0.776. The molecule has 1 aliphatic rings. The van der Waals surface area contributed by atoms with E-state index in [1.807, 2.05) is 54.6 Å². The van der Waals surface area contributed by atoms with Crippen LogP contribution in [0.15, 0.2) is 78.9 Å².